The first-order chi connectivity index (χ1) is 12.1. The predicted octanol–water partition coefficient (Wildman–Crippen LogP) is 1.28. The van der Waals surface area contributed by atoms with E-state index in [0.717, 1.165) is 11.1 Å². The average molecular weight is 335 g/mol. The molecule has 0 aromatic carbocycles. The number of hydrogen-bond acceptors (Lipinski definition) is 7. The number of aromatic nitrogens is 5. The minimum atomic E-state index is -0.811. The van der Waals surface area contributed by atoms with Crippen molar-refractivity contribution in [3.63, 3.8) is 0 Å². The molecular weight excluding hydrogens is 318 g/mol. The molecule has 0 saturated heterocycles. The van der Waals surface area contributed by atoms with E-state index in [2.05, 4.69) is 24.9 Å². The largest absolute Gasteiger partial charge is 0.495 e. The van der Waals surface area contributed by atoms with Gasteiger partial charge >= 0.3 is 0 Å². The molecule has 3 aromatic heterocycles. The first kappa shape index (κ1) is 15.4. The minimum absolute atomic E-state index is 0.577. The number of imidazole rings is 1. The fourth-order valence-electron chi connectivity index (χ4n) is 3.17. The minimum Gasteiger partial charge on any atom is -0.495 e. The highest BCUT2D eigenvalue weighted by molar-refractivity contribution is 5.79. The van der Waals surface area contributed by atoms with Crippen LogP contribution in [0.4, 0.5) is 0 Å². The first-order valence-corrected chi connectivity index (χ1v) is 7.79. The van der Waals surface area contributed by atoms with E-state index >= 15 is 0 Å². The SMILES string of the molecule is COc1cncc(C2(c3nc(C)nc4nc[nH]c34)C=CC=NC2N)c1. The number of rotatable bonds is 3. The standard InChI is InChI=1S/C17H17N7O/c1-10-23-14(13-15(24-10)22-9-21-13)17(4-3-5-20-16(17)18)11-6-12(25-2)8-19-7-11/h3-9,16H,18H2,1-2H3,(H,21,22,23,24). The van der Waals surface area contributed by atoms with Gasteiger partial charge in [-0.3, -0.25) is 9.98 Å². The van der Waals surface area contributed by atoms with Crippen LogP contribution in [0.5, 0.6) is 5.75 Å². The summed E-state index contributed by atoms with van der Waals surface area (Å²) in [5.74, 6) is 1.25. The normalized spacial score (nSPS) is 22.4. The Bertz CT molecular complexity index is 994. The number of nitrogens with zero attached hydrogens (tertiary/aromatic N) is 5. The van der Waals surface area contributed by atoms with Crippen molar-refractivity contribution >= 4 is 17.4 Å². The van der Waals surface area contributed by atoms with Crippen molar-refractivity contribution in [1.82, 2.24) is 24.9 Å². The van der Waals surface area contributed by atoms with E-state index in [9.17, 15) is 0 Å². The Morgan fingerprint density at radius 1 is 1.28 bits per heavy atom. The zero-order valence-corrected chi connectivity index (χ0v) is 13.8. The van der Waals surface area contributed by atoms with E-state index in [0.29, 0.717) is 22.9 Å². The van der Waals surface area contributed by atoms with Gasteiger partial charge in [-0.25, -0.2) is 15.0 Å². The van der Waals surface area contributed by atoms with Crippen LogP contribution >= 0.6 is 0 Å². The van der Waals surface area contributed by atoms with Crippen LogP contribution in [0.1, 0.15) is 17.1 Å². The molecular formula is C17H17N7O. The molecule has 2 unspecified atom stereocenters. The zero-order chi connectivity index (χ0) is 17.4. The third kappa shape index (κ3) is 2.30. The Labute approximate surface area is 143 Å². The number of aliphatic imine (C=N–C) groups is 1. The van der Waals surface area contributed by atoms with Crippen LogP contribution in [0.2, 0.25) is 0 Å². The van der Waals surface area contributed by atoms with Gasteiger partial charge in [0.05, 0.1) is 30.7 Å². The number of nitrogens with one attached hydrogen (secondary N) is 1. The Morgan fingerprint density at radius 2 is 2.16 bits per heavy atom. The molecule has 0 amide bonds. The van der Waals surface area contributed by atoms with Crippen LogP contribution in [0.15, 0.2) is 41.9 Å². The third-order valence-electron chi connectivity index (χ3n) is 4.37. The number of hydrogen-bond donors (Lipinski definition) is 2. The van der Waals surface area contributed by atoms with Gasteiger partial charge in [-0.2, -0.15) is 0 Å². The van der Waals surface area contributed by atoms with Crippen molar-refractivity contribution in [2.45, 2.75) is 18.5 Å². The van der Waals surface area contributed by atoms with E-state index in [-0.39, 0.29) is 0 Å². The molecule has 8 heteroatoms. The van der Waals surface area contributed by atoms with Crippen molar-refractivity contribution in [1.29, 1.82) is 0 Å². The van der Waals surface area contributed by atoms with Gasteiger partial charge in [0, 0.05) is 12.4 Å². The van der Waals surface area contributed by atoms with E-state index < -0.39 is 11.6 Å². The summed E-state index contributed by atoms with van der Waals surface area (Å²) in [6.07, 6.45) is 9.97. The van der Waals surface area contributed by atoms with Gasteiger partial charge in [0.2, 0.25) is 0 Å². The van der Waals surface area contributed by atoms with E-state index in [1.54, 1.807) is 32.0 Å². The van der Waals surface area contributed by atoms with Gasteiger partial charge in [0.1, 0.15) is 23.3 Å². The quantitative estimate of drug-likeness (QED) is 0.745. The molecule has 0 saturated carbocycles. The molecule has 1 aliphatic heterocycles. The lowest BCUT2D eigenvalue weighted by Gasteiger charge is -2.35. The number of fused-ring (bicyclic) bond motifs is 1. The fourth-order valence-corrected chi connectivity index (χ4v) is 3.17. The second-order valence-electron chi connectivity index (χ2n) is 5.81. The summed E-state index contributed by atoms with van der Waals surface area (Å²) in [6.45, 7) is 1.83. The Kier molecular flexibility index (Phi) is 3.54. The van der Waals surface area contributed by atoms with Crippen LogP contribution in [-0.4, -0.2) is 44.4 Å². The van der Waals surface area contributed by atoms with E-state index in [4.69, 9.17) is 15.5 Å². The maximum absolute atomic E-state index is 6.47. The molecule has 0 radical (unpaired) electrons. The second kappa shape index (κ2) is 5.75. The first-order valence-electron chi connectivity index (χ1n) is 7.79. The summed E-state index contributed by atoms with van der Waals surface area (Å²) in [7, 11) is 1.60. The number of ether oxygens (including phenoxy) is 1. The lowest BCUT2D eigenvalue weighted by atomic mass is 9.73. The smallest absolute Gasteiger partial charge is 0.181 e. The maximum Gasteiger partial charge on any atom is 0.181 e. The zero-order valence-electron chi connectivity index (χ0n) is 13.8. The van der Waals surface area contributed by atoms with Gasteiger partial charge < -0.3 is 15.5 Å². The van der Waals surface area contributed by atoms with Crippen LogP contribution in [-0.2, 0) is 5.41 Å². The lowest BCUT2D eigenvalue weighted by Crippen LogP contribution is -2.46. The molecule has 25 heavy (non-hydrogen) atoms. The second-order valence-corrected chi connectivity index (χ2v) is 5.81. The topological polar surface area (TPSA) is 115 Å². The Morgan fingerprint density at radius 3 is 2.96 bits per heavy atom. The summed E-state index contributed by atoms with van der Waals surface area (Å²) in [4.78, 5) is 25.2. The molecule has 4 heterocycles. The molecule has 0 fully saturated rings. The maximum atomic E-state index is 6.47. The van der Waals surface area contributed by atoms with Gasteiger partial charge in [-0.1, -0.05) is 6.08 Å². The van der Waals surface area contributed by atoms with Crippen molar-refractivity contribution in [2.75, 3.05) is 7.11 Å². The fraction of sp³-hybridized carbons (Fsp3) is 0.235. The number of nitrogens with two attached hydrogens (primary N) is 1. The predicted molar refractivity (Wildman–Crippen MR) is 93.6 cm³/mol. The molecule has 4 rings (SSSR count). The van der Waals surface area contributed by atoms with Gasteiger partial charge in [-0.15, -0.1) is 0 Å². The van der Waals surface area contributed by atoms with Crippen molar-refractivity contribution in [2.24, 2.45) is 10.7 Å². The van der Waals surface area contributed by atoms with Crippen molar-refractivity contribution < 1.29 is 4.74 Å². The summed E-state index contributed by atoms with van der Waals surface area (Å²) >= 11 is 0. The van der Waals surface area contributed by atoms with Crippen LogP contribution in [0.25, 0.3) is 11.2 Å². The lowest BCUT2D eigenvalue weighted by molar-refractivity contribution is 0.409. The highest BCUT2D eigenvalue weighted by Gasteiger charge is 2.43. The molecule has 0 spiro atoms. The van der Waals surface area contributed by atoms with Crippen LogP contribution in [0, 0.1) is 6.92 Å². The van der Waals surface area contributed by atoms with Crippen LogP contribution in [0.3, 0.4) is 0 Å². The summed E-state index contributed by atoms with van der Waals surface area (Å²) in [5.41, 5.74) is 8.52. The number of allylic oxidation sites excluding steroid dienone is 1. The Balaban J connectivity index is 2.06. The third-order valence-corrected chi connectivity index (χ3v) is 4.37. The van der Waals surface area contributed by atoms with Crippen molar-refractivity contribution in [3.05, 3.63) is 54.0 Å². The molecule has 3 aromatic rings. The van der Waals surface area contributed by atoms with E-state index in [1.165, 1.54) is 0 Å². The molecule has 8 nitrogen and oxygen atoms in total. The number of aryl methyl sites for hydroxylation is 1. The summed E-state index contributed by atoms with van der Waals surface area (Å²) in [6, 6.07) is 1.90. The van der Waals surface area contributed by atoms with Gasteiger partial charge in [-0.05, 0) is 24.6 Å². The highest BCUT2D eigenvalue weighted by Crippen LogP contribution is 2.40. The van der Waals surface area contributed by atoms with Crippen LogP contribution < -0.4 is 10.5 Å². The van der Waals surface area contributed by atoms with Gasteiger partial charge in [0.15, 0.2) is 5.65 Å². The number of methoxy groups -OCH3 is 1. The Hall–Kier alpha value is -3.13. The van der Waals surface area contributed by atoms with Gasteiger partial charge in [0.25, 0.3) is 0 Å². The average Bonchev–Trinajstić information content (AvgIpc) is 3.10. The molecule has 2 atom stereocenters. The summed E-state index contributed by atoms with van der Waals surface area (Å²) < 4.78 is 5.34. The number of aromatic amines is 1. The molecule has 0 bridgehead atoms. The summed E-state index contributed by atoms with van der Waals surface area (Å²) in [5, 5.41) is 0. The molecule has 3 N–H and O–H groups in total. The number of pyridine rings is 1. The molecule has 1 aliphatic rings. The number of dihydropyridines is 1. The van der Waals surface area contributed by atoms with E-state index in [1.807, 2.05) is 25.1 Å². The van der Waals surface area contributed by atoms with Crippen molar-refractivity contribution in [3.8, 4) is 5.75 Å². The molecule has 126 valence electrons. The number of H-pyrrole nitrogens is 1. The molecule has 0 aliphatic carbocycles. The highest BCUT2D eigenvalue weighted by atomic mass is 16.5. The monoisotopic (exact) mass is 335 g/mol.